The third-order valence-corrected chi connectivity index (χ3v) is 21.5. The summed E-state index contributed by atoms with van der Waals surface area (Å²) in [5, 5.41) is 0. The summed E-state index contributed by atoms with van der Waals surface area (Å²) in [6, 6.07) is 59.8. The number of rotatable bonds is 2. The lowest BCUT2D eigenvalue weighted by molar-refractivity contribution is 0.0990. The molecular weight excluding hydrogens is 784 g/mol. The zero-order chi connectivity index (χ0) is 43.6. The van der Waals surface area contributed by atoms with Crippen LogP contribution in [0.25, 0.3) is 22.3 Å². The molecule has 2 aliphatic heterocycles. The van der Waals surface area contributed by atoms with Crippen molar-refractivity contribution in [3.63, 3.8) is 0 Å². The molecule has 0 saturated heterocycles. The molecule has 6 aliphatic carbocycles. The molecular formula is C62H57BN2. The lowest BCUT2D eigenvalue weighted by atomic mass is 9.33. The molecule has 0 aromatic heterocycles. The number of para-hydroxylation sites is 2. The predicted molar refractivity (Wildman–Crippen MR) is 271 cm³/mol. The van der Waals surface area contributed by atoms with Gasteiger partial charge in [-0.25, -0.2) is 0 Å². The zero-order valence-electron chi connectivity index (χ0n) is 38.8. The van der Waals surface area contributed by atoms with Gasteiger partial charge in [-0.3, -0.25) is 0 Å². The average molecular weight is 841 g/mol. The van der Waals surface area contributed by atoms with Crippen LogP contribution in [-0.2, 0) is 10.8 Å². The fourth-order valence-electron chi connectivity index (χ4n) is 17.7. The Morgan fingerprint density at radius 2 is 1.02 bits per heavy atom. The molecule has 0 amide bonds. The van der Waals surface area contributed by atoms with Crippen LogP contribution in [0.15, 0.2) is 152 Å². The van der Waals surface area contributed by atoms with Gasteiger partial charge in [0.05, 0.1) is 0 Å². The van der Waals surface area contributed by atoms with Gasteiger partial charge in [0, 0.05) is 50.5 Å². The van der Waals surface area contributed by atoms with Gasteiger partial charge in [0.2, 0.25) is 0 Å². The van der Waals surface area contributed by atoms with Crippen LogP contribution in [0.2, 0.25) is 0 Å². The Bertz CT molecular complexity index is 3270. The van der Waals surface area contributed by atoms with Gasteiger partial charge in [-0.05, 0) is 170 Å². The molecule has 1 unspecified atom stereocenters. The summed E-state index contributed by atoms with van der Waals surface area (Å²) in [5.41, 5.74) is 24.9. The Morgan fingerprint density at radius 1 is 0.446 bits per heavy atom. The molecule has 65 heavy (non-hydrogen) atoms. The minimum atomic E-state index is -0.0121. The summed E-state index contributed by atoms with van der Waals surface area (Å²) in [7, 11) is 0. The summed E-state index contributed by atoms with van der Waals surface area (Å²) in [6.07, 6.45) is 7.71. The summed E-state index contributed by atoms with van der Waals surface area (Å²) < 4.78 is 0. The first-order valence-electron chi connectivity index (χ1n) is 24.9. The molecule has 6 atom stereocenters. The first kappa shape index (κ1) is 37.4. The molecule has 0 N–H and O–H groups in total. The Labute approximate surface area is 385 Å². The minimum absolute atomic E-state index is 0.00249. The molecule has 4 saturated carbocycles. The third kappa shape index (κ3) is 3.90. The molecule has 15 rings (SSSR count). The Kier molecular flexibility index (Phi) is 6.78. The summed E-state index contributed by atoms with van der Waals surface area (Å²) in [6.45, 7) is 15.8. The molecule has 4 bridgehead atoms. The topological polar surface area (TPSA) is 6.48 Å². The number of benzene rings is 7. The van der Waals surface area contributed by atoms with Gasteiger partial charge >= 0.3 is 0 Å². The normalized spacial score (nSPS) is 30.0. The fraction of sp³-hybridized carbons (Fsp3) is 0.323. The van der Waals surface area contributed by atoms with Crippen LogP contribution in [0.4, 0.5) is 34.1 Å². The maximum atomic E-state index is 2.68. The van der Waals surface area contributed by atoms with Crippen LogP contribution in [-0.4, -0.2) is 6.71 Å². The molecule has 4 fully saturated rings. The van der Waals surface area contributed by atoms with Crippen LogP contribution < -0.4 is 26.2 Å². The lowest BCUT2D eigenvalue weighted by Gasteiger charge is -2.49. The first-order chi connectivity index (χ1) is 31.5. The van der Waals surface area contributed by atoms with Crippen LogP contribution in [0, 0.1) is 33.5 Å². The smallest absolute Gasteiger partial charge is 0.252 e. The highest BCUT2D eigenvalue weighted by Gasteiger charge is 2.73. The van der Waals surface area contributed by atoms with E-state index in [1.165, 1.54) is 111 Å². The van der Waals surface area contributed by atoms with Crippen molar-refractivity contribution in [2.45, 2.75) is 90.9 Å². The lowest BCUT2D eigenvalue weighted by Crippen LogP contribution is -2.61. The van der Waals surface area contributed by atoms with Crippen molar-refractivity contribution in [3.8, 4) is 22.3 Å². The zero-order valence-corrected chi connectivity index (χ0v) is 38.8. The van der Waals surface area contributed by atoms with Crippen molar-refractivity contribution >= 4 is 57.2 Å². The monoisotopic (exact) mass is 840 g/mol. The van der Waals surface area contributed by atoms with Gasteiger partial charge in [0.1, 0.15) is 0 Å². The van der Waals surface area contributed by atoms with Crippen LogP contribution in [0.3, 0.4) is 0 Å². The second kappa shape index (κ2) is 11.8. The predicted octanol–water partition coefficient (Wildman–Crippen LogP) is 14.0. The molecule has 2 spiro atoms. The molecule has 3 heteroatoms. The number of hydrogen-bond acceptors (Lipinski definition) is 2. The van der Waals surface area contributed by atoms with E-state index in [1.54, 1.807) is 22.3 Å². The fourth-order valence-corrected chi connectivity index (χ4v) is 17.7. The van der Waals surface area contributed by atoms with Crippen molar-refractivity contribution in [2.24, 2.45) is 33.5 Å². The van der Waals surface area contributed by atoms with E-state index in [1.807, 2.05) is 0 Å². The molecule has 8 aliphatic rings. The van der Waals surface area contributed by atoms with Crippen molar-refractivity contribution in [3.05, 3.63) is 174 Å². The summed E-state index contributed by atoms with van der Waals surface area (Å²) in [4.78, 5) is 5.32. The summed E-state index contributed by atoms with van der Waals surface area (Å²) in [5.74, 6) is 1.44. The molecule has 2 heterocycles. The highest BCUT2D eigenvalue weighted by atomic mass is 15.2. The Hall–Kier alpha value is -5.80. The quantitative estimate of drug-likeness (QED) is 0.160. The third-order valence-electron chi connectivity index (χ3n) is 21.5. The van der Waals surface area contributed by atoms with E-state index in [0.717, 1.165) is 5.92 Å². The van der Waals surface area contributed by atoms with Crippen molar-refractivity contribution < 1.29 is 0 Å². The van der Waals surface area contributed by atoms with Gasteiger partial charge in [0.25, 0.3) is 6.71 Å². The van der Waals surface area contributed by atoms with E-state index in [0.29, 0.717) is 5.92 Å². The van der Waals surface area contributed by atoms with E-state index >= 15 is 0 Å². The van der Waals surface area contributed by atoms with E-state index < -0.39 is 0 Å². The maximum Gasteiger partial charge on any atom is 0.252 e. The van der Waals surface area contributed by atoms with E-state index in [-0.39, 0.29) is 39.2 Å². The van der Waals surface area contributed by atoms with Gasteiger partial charge < -0.3 is 9.80 Å². The largest absolute Gasteiger partial charge is 0.311 e. The van der Waals surface area contributed by atoms with E-state index in [2.05, 4.69) is 203 Å². The van der Waals surface area contributed by atoms with Crippen LogP contribution in [0.1, 0.15) is 102 Å². The van der Waals surface area contributed by atoms with E-state index in [4.69, 9.17) is 0 Å². The van der Waals surface area contributed by atoms with Gasteiger partial charge in [-0.15, -0.1) is 0 Å². The van der Waals surface area contributed by atoms with Gasteiger partial charge in [-0.2, -0.15) is 0 Å². The highest BCUT2D eigenvalue weighted by Crippen LogP contribution is 2.80. The first-order valence-corrected chi connectivity index (χ1v) is 24.9. The second-order valence-corrected chi connectivity index (χ2v) is 23.3. The maximum absolute atomic E-state index is 2.68. The molecule has 7 aromatic carbocycles. The van der Waals surface area contributed by atoms with Crippen LogP contribution in [0.5, 0.6) is 0 Å². The molecule has 7 aromatic rings. The summed E-state index contributed by atoms with van der Waals surface area (Å²) >= 11 is 0. The average Bonchev–Trinajstić information content (AvgIpc) is 4.03. The van der Waals surface area contributed by atoms with Gasteiger partial charge in [0.15, 0.2) is 0 Å². The van der Waals surface area contributed by atoms with Crippen molar-refractivity contribution in [1.29, 1.82) is 0 Å². The Morgan fingerprint density at radius 3 is 1.69 bits per heavy atom. The van der Waals surface area contributed by atoms with Crippen molar-refractivity contribution in [2.75, 3.05) is 9.80 Å². The number of anilines is 6. The van der Waals surface area contributed by atoms with Crippen molar-refractivity contribution in [1.82, 2.24) is 0 Å². The molecule has 2 nitrogen and oxygen atoms in total. The Balaban J connectivity index is 0.985. The van der Waals surface area contributed by atoms with Gasteiger partial charge in [-0.1, -0.05) is 151 Å². The highest BCUT2D eigenvalue weighted by molar-refractivity contribution is 7.00. The minimum Gasteiger partial charge on any atom is -0.311 e. The van der Waals surface area contributed by atoms with E-state index in [9.17, 15) is 0 Å². The molecule has 0 radical (unpaired) electrons. The standard InChI is InChI=1S/C62H57BN2/c1-57(2)38-31-33-59(57,5)61(36-38)46-22-13-11-20-44(46)54-47(61)29-30-50-56(54)65(40-17-8-7-9-18-40)53-26-16-25-52-55(53)63(50)49-23-14-15-24-51(49)64(52)41-27-28-43-42-19-10-12-21-45(42)62(48(43)35-41)37-39-32-34-60(62,6)58(39,3)4/h7-30,35,38-39H,31-34,36-37H2,1-6H3/t38-,39+,59?,60+,61-,62+/m0/s1. The second-order valence-electron chi connectivity index (χ2n) is 23.3. The molecule has 318 valence electrons. The number of nitrogens with zero attached hydrogens (tertiary/aromatic N) is 2. The SMILES string of the molecule is CC1(C)[C@H]2CCC1(C)[C@@]1(C2)c2ccccc2-c2c1ccc1c2N(c2ccccc2)c2cccc3c2B1c1ccccc1N3c1ccc2c(c1)[C@@]1(C[C@H]3CC[C@]1(C)C3(C)C)c1ccccc1-2. The number of fused-ring (bicyclic) bond motifs is 21. The number of hydrogen-bond donors (Lipinski definition) is 0. The van der Waals surface area contributed by atoms with Crippen LogP contribution >= 0.6 is 0 Å².